The number of hydrogen-bond acceptors (Lipinski definition) is 7. The maximum atomic E-state index is 5.64. The number of aromatic nitrogens is 3. The standard InChI is InChI=1S/C25H31N5O2/c1-29(2)23-15-21(27-25(28-23)18-10-12-26-13-11-18)19-8-6-14-30(16-19)17-20-7-5-9-22(31-3)24(20)32-4/h5,7,9-13,15,19H,6,8,14,16-17H2,1-4H3. The van der Waals surface area contributed by atoms with Gasteiger partial charge in [-0.05, 0) is 37.6 Å². The van der Waals surface area contributed by atoms with E-state index in [0.717, 1.165) is 72.4 Å². The maximum absolute atomic E-state index is 5.64. The number of hydrogen-bond donors (Lipinski definition) is 0. The second kappa shape index (κ2) is 9.96. The third-order valence-corrected chi connectivity index (χ3v) is 5.93. The summed E-state index contributed by atoms with van der Waals surface area (Å²) in [6.07, 6.45) is 5.81. The third-order valence-electron chi connectivity index (χ3n) is 5.93. The van der Waals surface area contributed by atoms with Crippen molar-refractivity contribution >= 4 is 5.82 Å². The first-order valence-corrected chi connectivity index (χ1v) is 11.0. The van der Waals surface area contributed by atoms with Crippen LogP contribution in [0.2, 0.25) is 0 Å². The van der Waals surface area contributed by atoms with Gasteiger partial charge in [-0.1, -0.05) is 12.1 Å². The Labute approximate surface area is 190 Å². The topological polar surface area (TPSA) is 63.6 Å². The van der Waals surface area contributed by atoms with Gasteiger partial charge >= 0.3 is 0 Å². The Hall–Kier alpha value is -3.19. The van der Waals surface area contributed by atoms with Gasteiger partial charge in [0.15, 0.2) is 17.3 Å². The van der Waals surface area contributed by atoms with Crippen LogP contribution in [0.25, 0.3) is 11.4 Å². The quantitative estimate of drug-likeness (QED) is 0.558. The number of nitrogens with zero attached hydrogens (tertiary/aromatic N) is 5. The molecule has 3 aromatic rings. The Bertz CT molecular complexity index is 1040. The van der Waals surface area contributed by atoms with Crippen molar-refractivity contribution in [1.29, 1.82) is 0 Å². The minimum absolute atomic E-state index is 0.350. The fourth-order valence-electron chi connectivity index (χ4n) is 4.28. The Morgan fingerprint density at radius 2 is 1.88 bits per heavy atom. The van der Waals surface area contributed by atoms with Crippen molar-refractivity contribution in [2.45, 2.75) is 25.3 Å². The lowest BCUT2D eigenvalue weighted by molar-refractivity contribution is 0.196. The molecule has 1 aliphatic heterocycles. The van der Waals surface area contributed by atoms with Gasteiger partial charge in [-0.3, -0.25) is 9.88 Å². The van der Waals surface area contributed by atoms with Crippen LogP contribution in [0, 0.1) is 0 Å². The zero-order valence-electron chi connectivity index (χ0n) is 19.3. The van der Waals surface area contributed by atoms with Crippen molar-refractivity contribution in [3.05, 3.63) is 60.0 Å². The summed E-state index contributed by atoms with van der Waals surface area (Å²) in [5.41, 5.74) is 3.22. The van der Waals surface area contributed by atoms with Crippen LogP contribution in [-0.2, 0) is 6.54 Å². The fourth-order valence-corrected chi connectivity index (χ4v) is 4.28. The van der Waals surface area contributed by atoms with E-state index in [1.54, 1.807) is 26.6 Å². The molecule has 1 atom stereocenters. The van der Waals surface area contributed by atoms with Crippen LogP contribution in [-0.4, -0.2) is 61.3 Å². The van der Waals surface area contributed by atoms with Crippen LogP contribution in [0.15, 0.2) is 48.8 Å². The van der Waals surface area contributed by atoms with Crippen LogP contribution in [0.3, 0.4) is 0 Å². The summed E-state index contributed by atoms with van der Waals surface area (Å²) in [6, 6.07) is 12.1. The lowest BCUT2D eigenvalue weighted by Crippen LogP contribution is -2.34. The number of piperidine rings is 1. The average Bonchev–Trinajstić information content (AvgIpc) is 2.84. The van der Waals surface area contributed by atoms with Gasteiger partial charge in [0.1, 0.15) is 5.82 Å². The highest BCUT2D eigenvalue weighted by molar-refractivity contribution is 5.57. The van der Waals surface area contributed by atoms with Gasteiger partial charge in [-0.15, -0.1) is 0 Å². The number of anilines is 1. The molecule has 3 heterocycles. The van der Waals surface area contributed by atoms with E-state index in [-0.39, 0.29) is 0 Å². The van der Waals surface area contributed by atoms with E-state index in [9.17, 15) is 0 Å². The zero-order chi connectivity index (χ0) is 22.5. The van der Waals surface area contributed by atoms with E-state index in [2.05, 4.69) is 22.0 Å². The summed E-state index contributed by atoms with van der Waals surface area (Å²) >= 11 is 0. The molecule has 0 amide bonds. The van der Waals surface area contributed by atoms with E-state index < -0.39 is 0 Å². The van der Waals surface area contributed by atoms with Crippen molar-refractivity contribution in [3.63, 3.8) is 0 Å². The summed E-state index contributed by atoms with van der Waals surface area (Å²) in [7, 11) is 7.41. The molecule has 1 unspecified atom stereocenters. The second-order valence-corrected chi connectivity index (χ2v) is 8.33. The van der Waals surface area contributed by atoms with Gasteiger partial charge in [0.05, 0.1) is 19.9 Å². The molecular formula is C25H31N5O2. The van der Waals surface area contributed by atoms with E-state index in [1.807, 2.05) is 43.3 Å². The van der Waals surface area contributed by atoms with Gasteiger partial charge < -0.3 is 14.4 Å². The van der Waals surface area contributed by atoms with Gasteiger partial charge in [0.25, 0.3) is 0 Å². The molecule has 32 heavy (non-hydrogen) atoms. The Balaban J connectivity index is 1.59. The summed E-state index contributed by atoms with van der Waals surface area (Å²) in [4.78, 5) is 18.4. The summed E-state index contributed by atoms with van der Waals surface area (Å²) in [5, 5.41) is 0. The van der Waals surface area contributed by atoms with Crippen molar-refractivity contribution < 1.29 is 9.47 Å². The molecule has 0 saturated carbocycles. The monoisotopic (exact) mass is 433 g/mol. The van der Waals surface area contributed by atoms with Crippen LogP contribution < -0.4 is 14.4 Å². The Morgan fingerprint density at radius 1 is 1.06 bits per heavy atom. The van der Waals surface area contributed by atoms with Crippen LogP contribution in [0.1, 0.15) is 30.0 Å². The normalized spacial score (nSPS) is 16.6. The molecule has 0 aliphatic carbocycles. The zero-order valence-corrected chi connectivity index (χ0v) is 19.3. The minimum atomic E-state index is 0.350. The molecule has 4 rings (SSSR count). The highest BCUT2D eigenvalue weighted by Crippen LogP contribution is 2.34. The summed E-state index contributed by atoms with van der Waals surface area (Å²) in [6.45, 7) is 2.82. The third kappa shape index (κ3) is 4.83. The van der Waals surface area contributed by atoms with Crippen molar-refractivity contribution in [1.82, 2.24) is 19.9 Å². The van der Waals surface area contributed by atoms with E-state index in [4.69, 9.17) is 19.4 Å². The molecule has 0 spiro atoms. The molecule has 1 saturated heterocycles. The number of para-hydroxylation sites is 1. The van der Waals surface area contributed by atoms with Gasteiger partial charge in [-0.2, -0.15) is 0 Å². The van der Waals surface area contributed by atoms with Crippen molar-refractivity contribution in [2.24, 2.45) is 0 Å². The van der Waals surface area contributed by atoms with Crippen LogP contribution in [0.4, 0.5) is 5.82 Å². The lowest BCUT2D eigenvalue weighted by atomic mass is 9.93. The van der Waals surface area contributed by atoms with Gasteiger partial charge in [0, 0.05) is 62.7 Å². The smallest absolute Gasteiger partial charge is 0.165 e. The second-order valence-electron chi connectivity index (χ2n) is 8.33. The van der Waals surface area contributed by atoms with E-state index in [0.29, 0.717) is 5.92 Å². The molecule has 7 heteroatoms. The molecule has 1 aliphatic rings. The molecule has 0 N–H and O–H groups in total. The molecule has 168 valence electrons. The Kier molecular flexibility index (Phi) is 6.85. The predicted molar refractivity (Wildman–Crippen MR) is 126 cm³/mol. The minimum Gasteiger partial charge on any atom is -0.493 e. The van der Waals surface area contributed by atoms with Crippen LogP contribution >= 0.6 is 0 Å². The van der Waals surface area contributed by atoms with E-state index >= 15 is 0 Å². The van der Waals surface area contributed by atoms with Crippen LogP contribution in [0.5, 0.6) is 11.5 Å². The van der Waals surface area contributed by atoms with Gasteiger partial charge in [0.2, 0.25) is 0 Å². The summed E-state index contributed by atoms with van der Waals surface area (Å²) in [5.74, 6) is 3.61. The maximum Gasteiger partial charge on any atom is 0.165 e. The first kappa shape index (κ1) is 22.0. The van der Waals surface area contributed by atoms with Gasteiger partial charge in [-0.25, -0.2) is 9.97 Å². The first-order chi connectivity index (χ1) is 15.6. The van der Waals surface area contributed by atoms with Crippen molar-refractivity contribution in [2.75, 3.05) is 46.3 Å². The average molecular weight is 434 g/mol. The number of pyridine rings is 1. The molecular weight excluding hydrogens is 402 g/mol. The number of methoxy groups -OCH3 is 2. The highest BCUT2D eigenvalue weighted by atomic mass is 16.5. The molecule has 1 aromatic carbocycles. The molecule has 7 nitrogen and oxygen atoms in total. The SMILES string of the molecule is COc1cccc(CN2CCCC(c3cc(N(C)C)nc(-c4ccncc4)n3)C2)c1OC. The fraction of sp³-hybridized carbons (Fsp3) is 0.400. The molecule has 0 radical (unpaired) electrons. The molecule has 1 fully saturated rings. The number of rotatable bonds is 7. The highest BCUT2D eigenvalue weighted by Gasteiger charge is 2.25. The van der Waals surface area contributed by atoms with E-state index in [1.165, 1.54) is 0 Å². The first-order valence-electron chi connectivity index (χ1n) is 11.0. The number of ether oxygens (including phenoxy) is 2. The predicted octanol–water partition coefficient (Wildman–Crippen LogP) is 4.00. The Morgan fingerprint density at radius 3 is 2.59 bits per heavy atom. The lowest BCUT2D eigenvalue weighted by Gasteiger charge is -2.33. The molecule has 0 bridgehead atoms. The number of benzene rings is 1. The largest absolute Gasteiger partial charge is 0.493 e. The number of likely N-dealkylation sites (tertiary alicyclic amines) is 1. The molecule has 2 aromatic heterocycles. The van der Waals surface area contributed by atoms with Crippen molar-refractivity contribution in [3.8, 4) is 22.9 Å². The summed E-state index contributed by atoms with van der Waals surface area (Å²) < 4.78 is 11.1.